The molecule has 2 unspecified atom stereocenters. The first-order valence-corrected chi connectivity index (χ1v) is 21.9. The Morgan fingerprint density at radius 2 is 1.15 bits per heavy atom. The topological polar surface area (TPSA) is 186 Å². The van der Waals surface area contributed by atoms with Crippen LogP contribution in [0.2, 0.25) is 0 Å². The zero-order chi connectivity index (χ0) is 44.8. The number of alkyl carbamates (subject to hydrolysis) is 2. The smallest absolute Gasteiger partial charge is 0.407 e. The van der Waals surface area contributed by atoms with Crippen molar-refractivity contribution in [3.8, 4) is 22.8 Å². The number of nitrogens with zero attached hydrogens (tertiary/aromatic N) is 3. The fraction of sp³-hybridized carbons (Fsp3) is 0.341. The number of methoxy groups -OCH3 is 2. The molecular weight excluding hydrogens is 886 g/mol. The lowest BCUT2D eigenvalue weighted by molar-refractivity contribution is 0.0313. The molecule has 5 rings (SSSR count). The number of carbonyl (C=O) groups is 2. The molecule has 5 aromatic rings. The van der Waals surface area contributed by atoms with Gasteiger partial charge in [-0.3, -0.25) is 0 Å². The van der Waals surface area contributed by atoms with Gasteiger partial charge in [0.05, 0.1) is 35.3 Å². The lowest BCUT2D eigenvalue weighted by Gasteiger charge is -2.29. The normalized spacial score (nSPS) is 12.9. The van der Waals surface area contributed by atoms with Crippen LogP contribution in [0.5, 0.6) is 11.5 Å². The van der Waals surface area contributed by atoms with Crippen LogP contribution in [0.15, 0.2) is 106 Å². The first kappa shape index (κ1) is 47.3. The molecule has 60 heavy (non-hydrogen) atoms. The highest BCUT2D eigenvalue weighted by Crippen LogP contribution is 2.41. The van der Waals surface area contributed by atoms with E-state index in [1.807, 2.05) is 41.5 Å². The molecule has 19 heteroatoms. The van der Waals surface area contributed by atoms with E-state index >= 15 is 0 Å². The molecule has 0 spiro atoms. The Labute approximate surface area is 358 Å². The molecule has 0 fully saturated rings. The molecule has 0 bridgehead atoms. The van der Waals surface area contributed by atoms with E-state index in [2.05, 4.69) is 31.5 Å². The minimum absolute atomic E-state index is 0.0113. The number of halogens is 2. The number of benzene rings is 2. The highest BCUT2D eigenvalue weighted by molar-refractivity contribution is 9.10. The van der Waals surface area contributed by atoms with Crippen molar-refractivity contribution < 1.29 is 49.8 Å². The minimum Gasteiger partial charge on any atom is -0.497 e. The Hall–Kier alpha value is -5.40. The fourth-order valence-corrected chi connectivity index (χ4v) is 9.55. The van der Waals surface area contributed by atoms with E-state index in [4.69, 9.17) is 18.9 Å². The number of pyridine rings is 1. The van der Waals surface area contributed by atoms with Gasteiger partial charge in [-0.25, -0.2) is 39.4 Å². The second-order valence-electron chi connectivity index (χ2n) is 15.4. The summed E-state index contributed by atoms with van der Waals surface area (Å²) in [5.74, 6) is -0.0352. The summed E-state index contributed by atoms with van der Waals surface area (Å²) in [4.78, 5) is 27.4. The van der Waals surface area contributed by atoms with Crippen molar-refractivity contribution in [2.45, 2.75) is 63.5 Å². The third kappa shape index (κ3) is 10.9. The van der Waals surface area contributed by atoms with Crippen molar-refractivity contribution in [1.82, 2.24) is 23.6 Å². The Kier molecular flexibility index (Phi) is 14.9. The molecule has 0 radical (unpaired) electrons. The van der Waals surface area contributed by atoms with Gasteiger partial charge in [-0.05, 0) is 64.5 Å². The average Bonchev–Trinajstić information content (AvgIpc) is 3.83. The molecule has 3 heterocycles. The summed E-state index contributed by atoms with van der Waals surface area (Å²) in [6.07, 6.45) is 1.35. The van der Waals surface area contributed by atoms with Crippen molar-refractivity contribution in [2.75, 3.05) is 28.3 Å². The summed E-state index contributed by atoms with van der Waals surface area (Å²) < 4.78 is 91.7. The van der Waals surface area contributed by atoms with Gasteiger partial charge in [-0.2, -0.15) is 4.39 Å². The van der Waals surface area contributed by atoms with E-state index in [1.165, 1.54) is 89.4 Å². The number of rotatable bonds is 11. The maximum Gasteiger partial charge on any atom is 0.407 e. The molecule has 0 aliphatic rings. The number of amides is 2. The number of carbonyl (C=O) groups excluding carboxylic acids is 2. The van der Waals surface area contributed by atoms with Crippen molar-refractivity contribution in [1.29, 1.82) is 0 Å². The Morgan fingerprint density at radius 3 is 1.58 bits per heavy atom. The number of hydrogen-bond acceptors (Lipinski definition) is 11. The highest BCUT2D eigenvalue weighted by Gasteiger charge is 2.35. The second kappa shape index (κ2) is 18.9. The molecular formula is C41H49BrFN5O10S2. The van der Waals surface area contributed by atoms with Gasteiger partial charge in [0.1, 0.15) is 28.3 Å². The summed E-state index contributed by atoms with van der Waals surface area (Å²) in [5.41, 5.74) is -0.0580. The third-order valence-electron chi connectivity index (χ3n) is 8.84. The van der Waals surface area contributed by atoms with E-state index in [-0.39, 0.29) is 21.0 Å². The summed E-state index contributed by atoms with van der Waals surface area (Å²) in [6, 6.07) is 18.3. The Balaban J connectivity index is 0.000000270. The van der Waals surface area contributed by atoms with Gasteiger partial charge < -0.3 is 29.6 Å². The average molecular weight is 935 g/mol. The maximum atomic E-state index is 14.6. The van der Waals surface area contributed by atoms with Gasteiger partial charge in [0.25, 0.3) is 20.0 Å². The molecule has 2 N–H and O–H groups in total. The molecule has 2 aromatic carbocycles. The number of nitrogens with one attached hydrogen (secondary N) is 2. The molecule has 2 amide bonds. The molecule has 324 valence electrons. The van der Waals surface area contributed by atoms with Gasteiger partial charge in [-0.15, -0.1) is 0 Å². The molecule has 0 saturated carbocycles. The monoisotopic (exact) mass is 933 g/mol. The van der Waals surface area contributed by atoms with Crippen molar-refractivity contribution in [3.63, 3.8) is 0 Å². The number of aromatic nitrogens is 3. The van der Waals surface area contributed by atoms with Crippen LogP contribution >= 0.6 is 15.9 Å². The van der Waals surface area contributed by atoms with Crippen LogP contribution in [0.1, 0.15) is 64.9 Å². The van der Waals surface area contributed by atoms with Crippen LogP contribution in [0.4, 0.5) is 14.0 Å². The summed E-state index contributed by atoms with van der Waals surface area (Å²) >= 11 is 3.30. The van der Waals surface area contributed by atoms with Gasteiger partial charge >= 0.3 is 12.2 Å². The van der Waals surface area contributed by atoms with Gasteiger partial charge in [-0.1, -0.05) is 53.7 Å². The van der Waals surface area contributed by atoms with E-state index in [0.717, 1.165) is 7.94 Å². The van der Waals surface area contributed by atoms with Crippen LogP contribution in [-0.4, -0.2) is 70.3 Å². The first-order chi connectivity index (χ1) is 28.0. The quantitative estimate of drug-likeness (QED) is 0.121. The van der Waals surface area contributed by atoms with Crippen LogP contribution in [0.25, 0.3) is 11.3 Å². The van der Waals surface area contributed by atoms with E-state index in [1.54, 1.807) is 30.3 Å². The zero-order valence-corrected chi connectivity index (χ0v) is 38.0. The fourth-order valence-electron chi connectivity index (χ4n) is 5.91. The highest BCUT2D eigenvalue weighted by atomic mass is 79.9. The molecule has 15 nitrogen and oxygen atoms in total. The predicted octanol–water partition coefficient (Wildman–Crippen LogP) is 8.32. The number of hydrogen-bond donors (Lipinski definition) is 2. The summed E-state index contributed by atoms with van der Waals surface area (Å²) in [5, 5.41) is 4.81. The molecule has 0 aliphatic heterocycles. The van der Waals surface area contributed by atoms with Crippen LogP contribution < -0.4 is 20.1 Å². The van der Waals surface area contributed by atoms with Gasteiger partial charge in [0, 0.05) is 66.8 Å². The Morgan fingerprint density at radius 1 is 0.700 bits per heavy atom. The molecule has 2 atom stereocenters. The van der Waals surface area contributed by atoms with Crippen molar-refractivity contribution in [3.05, 3.63) is 113 Å². The molecule has 0 aliphatic carbocycles. The van der Waals surface area contributed by atoms with E-state index in [9.17, 15) is 30.8 Å². The third-order valence-corrected chi connectivity index (χ3v) is 13.0. The second-order valence-corrected chi connectivity index (χ2v) is 19.8. The van der Waals surface area contributed by atoms with Gasteiger partial charge in [0.15, 0.2) is 0 Å². The lowest BCUT2D eigenvalue weighted by Crippen LogP contribution is -2.28. The maximum absolute atomic E-state index is 14.6. The number of ether oxygens (including phenoxy) is 4. The van der Waals surface area contributed by atoms with Crippen LogP contribution in [0, 0.1) is 16.8 Å². The molecule has 3 aromatic heterocycles. The summed E-state index contributed by atoms with van der Waals surface area (Å²) in [6.45, 7) is 11.3. The van der Waals surface area contributed by atoms with Crippen molar-refractivity contribution >= 4 is 48.2 Å². The predicted molar refractivity (Wildman–Crippen MR) is 226 cm³/mol. The first-order valence-electron chi connectivity index (χ1n) is 18.3. The Bertz CT molecular complexity index is 2550. The SMILES string of the molecule is CNC(=O)OC(c1cc(-c2cccnc2F)n(S(=O)(=O)c2cccc(OC)c2)c1)C(C)(C)C.CNC(=O)OC(c1cc(Br)n(S(=O)(=O)c2cccc(OC)c2)c1)C(C)(C)C. The van der Waals surface area contributed by atoms with Crippen molar-refractivity contribution in [2.24, 2.45) is 10.8 Å². The van der Waals surface area contributed by atoms with Crippen LogP contribution in [-0.2, 0) is 29.5 Å². The molecule has 0 saturated heterocycles. The van der Waals surface area contributed by atoms with Gasteiger partial charge in [0.2, 0.25) is 5.95 Å². The van der Waals surface area contributed by atoms with E-state index < -0.39 is 61.2 Å². The minimum atomic E-state index is -4.17. The van der Waals surface area contributed by atoms with Crippen LogP contribution in [0.3, 0.4) is 0 Å². The lowest BCUT2D eigenvalue weighted by atomic mass is 9.85. The zero-order valence-electron chi connectivity index (χ0n) is 34.8. The van der Waals surface area contributed by atoms with E-state index in [0.29, 0.717) is 27.2 Å². The standard InChI is InChI=1S/C23H26FN3O5S.C18H23BrN2O5S/c1-23(2,3)20(32-22(28)25-4)15-12-19(18-10-7-11-26-21(18)24)27(14-15)33(29,30)17-9-6-8-16(13-17)31-5;1-18(2,3)16(26-17(22)20-4)12-9-15(19)21(11-12)27(23,24)14-8-6-7-13(10-14)25-5/h6-14,20H,1-5H3,(H,25,28);6-11,16H,1-5H3,(H,20,22). The summed E-state index contributed by atoms with van der Waals surface area (Å²) in [7, 11) is -2.24. The largest absolute Gasteiger partial charge is 0.497 e.